The summed E-state index contributed by atoms with van der Waals surface area (Å²) >= 11 is 3.69. The molecule has 20 aromatic carbocycles. The fourth-order valence-corrected chi connectivity index (χ4v) is 19.0. The molecule has 0 aliphatic rings. The Morgan fingerprint density at radius 3 is 0.944 bits per heavy atom. The molecule has 126 heavy (non-hydrogen) atoms. The molecule has 2 heterocycles. The summed E-state index contributed by atoms with van der Waals surface area (Å²) in [6.45, 7) is 0. The van der Waals surface area contributed by atoms with Gasteiger partial charge in [-0.3, -0.25) is 0 Å². The van der Waals surface area contributed by atoms with Crippen molar-refractivity contribution in [1.82, 2.24) is 0 Å². The summed E-state index contributed by atoms with van der Waals surface area (Å²) in [4.78, 5) is 7.00. The summed E-state index contributed by atoms with van der Waals surface area (Å²) in [6.07, 6.45) is 0. The van der Waals surface area contributed by atoms with Crippen LogP contribution in [0.5, 0.6) is 0 Å². The van der Waals surface area contributed by atoms with Gasteiger partial charge >= 0.3 is 0 Å². The number of nitrogens with zero attached hydrogens (tertiary/aromatic N) is 3. The van der Waals surface area contributed by atoms with Crippen molar-refractivity contribution in [3.8, 4) is 55.6 Å². The molecule has 0 bridgehead atoms. The van der Waals surface area contributed by atoms with E-state index >= 15 is 0 Å². The highest BCUT2D eigenvalue weighted by Crippen LogP contribution is 2.47. The molecule has 0 radical (unpaired) electrons. The van der Waals surface area contributed by atoms with Crippen molar-refractivity contribution in [2.45, 2.75) is 0 Å². The summed E-state index contributed by atoms with van der Waals surface area (Å²) in [7, 11) is 0. The smallest absolute Gasteiger partial charge is 0.0540 e. The largest absolute Gasteiger partial charge is 0.355 e. The lowest BCUT2D eigenvalue weighted by Crippen LogP contribution is -2.11. The van der Waals surface area contributed by atoms with Crippen molar-refractivity contribution < 1.29 is 0 Å². The Kier molecular flexibility index (Phi) is 22.8. The fourth-order valence-electron chi connectivity index (χ4n) is 16.8. The number of nitrogens with one attached hydrogen (secondary N) is 3. The third-order valence-corrected chi connectivity index (χ3v) is 25.1. The molecular weight excluding hydrogens is 1570 g/mol. The van der Waals surface area contributed by atoms with E-state index in [2.05, 4.69) is 516 Å². The Bertz CT molecular complexity index is 7410. The van der Waals surface area contributed by atoms with E-state index in [1.54, 1.807) is 0 Å². The number of hydrogen-bond donors (Lipinski definition) is 3. The van der Waals surface area contributed by atoms with E-state index in [0.29, 0.717) is 0 Å². The van der Waals surface area contributed by atoms with Gasteiger partial charge in [-0.15, -0.1) is 22.7 Å². The fraction of sp³-hybridized carbons (Fsp3) is 0. The maximum absolute atomic E-state index is 3.70. The number of para-hydroxylation sites is 3. The molecule has 2 aromatic heterocycles. The van der Waals surface area contributed by atoms with Crippen LogP contribution in [-0.2, 0) is 0 Å². The Morgan fingerprint density at radius 2 is 0.452 bits per heavy atom. The van der Waals surface area contributed by atoms with Crippen molar-refractivity contribution in [3.63, 3.8) is 0 Å². The van der Waals surface area contributed by atoms with Gasteiger partial charge in [0.25, 0.3) is 0 Å². The lowest BCUT2D eigenvalue weighted by atomic mass is 9.96. The van der Waals surface area contributed by atoms with E-state index in [1.807, 2.05) is 40.9 Å². The predicted octanol–water partition coefficient (Wildman–Crippen LogP) is 34.9. The van der Waals surface area contributed by atoms with Gasteiger partial charge < -0.3 is 30.7 Å². The molecule has 0 spiro atoms. The third-order valence-electron chi connectivity index (χ3n) is 22.8. The first-order chi connectivity index (χ1) is 62.4. The molecule has 0 fully saturated rings. The van der Waals surface area contributed by atoms with Gasteiger partial charge in [-0.25, -0.2) is 0 Å². The van der Waals surface area contributed by atoms with Gasteiger partial charge in [-0.2, -0.15) is 0 Å². The number of fused-ring (bicyclic) bond motifs is 7. The lowest BCUT2D eigenvalue weighted by Gasteiger charge is -2.29. The molecule has 6 nitrogen and oxygen atoms in total. The van der Waals surface area contributed by atoms with Gasteiger partial charge in [0.2, 0.25) is 0 Å². The zero-order valence-corrected chi connectivity index (χ0v) is 70.7. The molecule has 8 heteroatoms. The van der Waals surface area contributed by atoms with Gasteiger partial charge in [0.15, 0.2) is 0 Å². The van der Waals surface area contributed by atoms with Crippen LogP contribution in [0.2, 0.25) is 0 Å². The molecule has 0 saturated carbocycles. The summed E-state index contributed by atoms with van der Waals surface area (Å²) in [6, 6.07) is 179. The minimum Gasteiger partial charge on any atom is -0.355 e. The molecule has 0 aliphatic heterocycles. The maximum atomic E-state index is 3.70. The van der Waals surface area contributed by atoms with Crippen molar-refractivity contribution in [1.29, 1.82) is 0 Å². The van der Waals surface area contributed by atoms with E-state index in [4.69, 9.17) is 0 Å². The van der Waals surface area contributed by atoms with Gasteiger partial charge in [0.05, 0.1) is 5.69 Å². The molecule has 600 valence electrons. The van der Waals surface area contributed by atoms with Gasteiger partial charge in [-0.05, 0) is 249 Å². The standard InChI is InChI=1S/C42H30N2S.C40H28N2S.C36H28N2/c1-3-12-30(13-4-1)32-16-9-19-36(26-32)44(37-20-10-17-33(27-37)31-14-5-2-6-15-31)38-21-11-18-34(28-38)43-35-24-25-42-40(29-35)39-22-7-8-23-41(39)45-42;1-2-13-32(14-3-1)42(33-23-20-29(21-24-33)36-18-8-11-28-10-4-5-16-35(28)36)34-15-9-12-30(26-34)41-31-22-25-40-38(27-31)37-17-6-7-19-39(37)43-40;1-5-14-28(15-6-1)30-24-25-36(35(26-30)29-16-7-2-8-17-29)38(33-21-11-4-12-22-33)34-23-13-20-32(27-34)37-31-18-9-3-10-19-31/h1-29,43H;1-27,41H;1-27,37H. The second-order valence-electron chi connectivity index (χ2n) is 31.1. The van der Waals surface area contributed by atoms with Crippen LogP contribution >= 0.6 is 22.7 Å². The predicted molar refractivity (Wildman–Crippen MR) is 543 cm³/mol. The SMILES string of the molecule is c1ccc(-c2cccc(N(c3cccc(Nc4ccc5sc6ccccc6c5c4)c3)c3cccc(-c4ccccc4)c3)c2)cc1.c1ccc(N(c2ccc(-c3cccc4ccccc34)cc2)c2cccc(Nc3ccc4sc5ccccc5c4c3)c2)cc1.c1ccc(Nc2cccc(N(c3ccccc3)c3ccc(-c4ccccc4)cc3-c3ccccc3)c2)cc1. The summed E-state index contributed by atoms with van der Waals surface area (Å²) in [5.74, 6) is 0. The van der Waals surface area contributed by atoms with Gasteiger partial charge in [0, 0.05) is 126 Å². The van der Waals surface area contributed by atoms with Crippen LogP contribution in [0.15, 0.2) is 504 Å². The Balaban J connectivity index is 0.000000120. The second kappa shape index (κ2) is 36.7. The summed E-state index contributed by atoms with van der Waals surface area (Å²) in [5, 5.41) is 18.6. The third kappa shape index (κ3) is 17.4. The highest BCUT2D eigenvalue weighted by molar-refractivity contribution is 7.26. The van der Waals surface area contributed by atoms with Gasteiger partial charge in [-0.1, -0.05) is 315 Å². The minimum atomic E-state index is 1.04. The first-order valence-electron chi connectivity index (χ1n) is 42.6. The highest BCUT2D eigenvalue weighted by Gasteiger charge is 2.22. The van der Waals surface area contributed by atoms with E-state index in [-0.39, 0.29) is 0 Å². The molecule has 0 unspecified atom stereocenters. The Morgan fingerprint density at radius 1 is 0.151 bits per heavy atom. The number of hydrogen-bond acceptors (Lipinski definition) is 8. The zero-order valence-electron chi connectivity index (χ0n) is 69.1. The van der Waals surface area contributed by atoms with Crippen molar-refractivity contribution in [2.24, 2.45) is 0 Å². The molecule has 3 N–H and O–H groups in total. The van der Waals surface area contributed by atoms with Crippen molar-refractivity contribution in [3.05, 3.63) is 504 Å². The lowest BCUT2D eigenvalue weighted by molar-refractivity contribution is 1.28. The first kappa shape index (κ1) is 78.4. The molecule has 0 aliphatic carbocycles. The molecule has 22 rings (SSSR count). The highest BCUT2D eigenvalue weighted by atomic mass is 32.1. The maximum Gasteiger partial charge on any atom is 0.0540 e. The van der Waals surface area contributed by atoms with Crippen molar-refractivity contribution >= 4 is 159 Å². The number of anilines is 15. The average molecular weight is 1650 g/mol. The van der Waals surface area contributed by atoms with Crippen LogP contribution in [0.4, 0.5) is 85.3 Å². The topological polar surface area (TPSA) is 45.8 Å². The number of rotatable bonds is 20. The Hall–Kier alpha value is -16.1. The molecular formula is C118H86N6S2. The molecule has 0 saturated heterocycles. The second-order valence-corrected chi connectivity index (χ2v) is 33.2. The summed E-state index contributed by atoms with van der Waals surface area (Å²) < 4.78 is 5.25. The monoisotopic (exact) mass is 1650 g/mol. The average Bonchev–Trinajstić information content (AvgIpc) is 1.20. The summed E-state index contributed by atoms with van der Waals surface area (Å²) in [5.41, 5.74) is 28.2. The van der Waals surface area contributed by atoms with E-state index < -0.39 is 0 Å². The van der Waals surface area contributed by atoms with E-state index in [9.17, 15) is 0 Å². The quantitative estimate of drug-likeness (QED) is 0.0707. The Labute approximate surface area is 743 Å². The molecule has 0 atom stereocenters. The van der Waals surface area contributed by atoms with Crippen LogP contribution in [0, 0.1) is 0 Å². The molecule has 22 aromatic rings. The number of benzene rings is 20. The normalized spacial score (nSPS) is 11.0. The van der Waals surface area contributed by atoms with Crippen molar-refractivity contribution in [2.75, 3.05) is 30.7 Å². The number of thiophene rings is 2. The van der Waals surface area contributed by atoms with E-state index in [0.717, 1.165) is 85.3 Å². The van der Waals surface area contributed by atoms with Crippen LogP contribution in [-0.4, -0.2) is 0 Å². The minimum absolute atomic E-state index is 1.04. The van der Waals surface area contributed by atoms with E-state index in [1.165, 1.54) is 107 Å². The van der Waals surface area contributed by atoms with Crippen LogP contribution in [0.1, 0.15) is 0 Å². The molecule has 0 amide bonds. The zero-order chi connectivity index (χ0) is 84.2. The van der Waals surface area contributed by atoms with Crippen LogP contribution in [0.3, 0.4) is 0 Å². The first-order valence-corrected chi connectivity index (χ1v) is 44.2. The van der Waals surface area contributed by atoms with Crippen LogP contribution in [0.25, 0.3) is 107 Å². The van der Waals surface area contributed by atoms with Crippen LogP contribution < -0.4 is 30.7 Å². The van der Waals surface area contributed by atoms with Gasteiger partial charge in [0.1, 0.15) is 0 Å².